The SMILES string of the molecule is COC(=O)C1=C(CNC2CCCCC2)NC(=O)NC1c1ccccc1C. The number of urea groups is 1. The highest BCUT2D eigenvalue weighted by atomic mass is 16.5. The summed E-state index contributed by atoms with van der Waals surface area (Å²) in [4.78, 5) is 24.8. The maximum absolute atomic E-state index is 12.5. The third-order valence-electron chi connectivity index (χ3n) is 5.23. The lowest BCUT2D eigenvalue weighted by molar-refractivity contribution is -0.136. The Balaban J connectivity index is 1.91. The fourth-order valence-electron chi connectivity index (χ4n) is 3.81. The minimum Gasteiger partial charge on any atom is -0.466 e. The second kappa shape index (κ2) is 8.36. The van der Waals surface area contributed by atoms with Gasteiger partial charge >= 0.3 is 12.0 Å². The molecule has 6 heteroatoms. The molecule has 0 spiro atoms. The fourth-order valence-corrected chi connectivity index (χ4v) is 3.81. The first-order valence-corrected chi connectivity index (χ1v) is 9.28. The number of amides is 2. The average Bonchev–Trinajstić information content (AvgIpc) is 2.66. The fraction of sp³-hybridized carbons (Fsp3) is 0.500. The van der Waals surface area contributed by atoms with Crippen LogP contribution in [0.2, 0.25) is 0 Å². The quantitative estimate of drug-likeness (QED) is 0.708. The molecule has 0 saturated heterocycles. The zero-order valence-electron chi connectivity index (χ0n) is 15.4. The van der Waals surface area contributed by atoms with Crippen LogP contribution < -0.4 is 16.0 Å². The van der Waals surface area contributed by atoms with Gasteiger partial charge in [0.1, 0.15) is 0 Å². The van der Waals surface area contributed by atoms with Gasteiger partial charge in [0.05, 0.1) is 18.7 Å². The zero-order chi connectivity index (χ0) is 18.5. The van der Waals surface area contributed by atoms with Crippen LogP contribution in [0.1, 0.15) is 49.3 Å². The van der Waals surface area contributed by atoms with E-state index in [9.17, 15) is 9.59 Å². The van der Waals surface area contributed by atoms with Gasteiger partial charge in [-0.05, 0) is 30.9 Å². The van der Waals surface area contributed by atoms with E-state index in [1.807, 2.05) is 31.2 Å². The molecule has 3 N–H and O–H groups in total. The van der Waals surface area contributed by atoms with Crippen LogP contribution in [0.15, 0.2) is 35.5 Å². The normalized spacial score (nSPS) is 21.2. The van der Waals surface area contributed by atoms with Gasteiger partial charge in [-0.15, -0.1) is 0 Å². The van der Waals surface area contributed by atoms with E-state index < -0.39 is 12.0 Å². The molecule has 1 aromatic carbocycles. The van der Waals surface area contributed by atoms with Gasteiger partial charge in [0, 0.05) is 18.3 Å². The number of aryl methyl sites for hydroxylation is 1. The Bertz CT molecular complexity index is 708. The number of nitrogens with one attached hydrogen (secondary N) is 3. The Morgan fingerprint density at radius 3 is 2.65 bits per heavy atom. The predicted octanol–water partition coefficient (Wildman–Crippen LogP) is 2.70. The number of ether oxygens (including phenoxy) is 1. The Kier molecular flexibility index (Phi) is 5.93. The van der Waals surface area contributed by atoms with Crippen molar-refractivity contribution in [3.8, 4) is 0 Å². The lowest BCUT2D eigenvalue weighted by atomic mass is 9.91. The molecule has 6 nitrogen and oxygen atoms in total. The van der Waals surface area contributed by atoms with Crippen molar-refractivity contribution < 1.29 is 14.3 Å². The number of methoxy groups -OCH3 is 1. The number of esters is 1. The number of carbonyl (C=O) groups is 2. The van der Waals surface area contributed by atoms with E-state index >= 15 is 0 Å². The van der Waals surface area contributed by atoms with Crippen molar-refractivity contribution in [1.29, 1.82) is 0 Å². The molecule has 1 atom stereocenters. The predicted molar refractivity (Wildman–Crippen MR) is 99.5 cm³/mol. The zero-order valence-corrected chi connectivity index (χ0v) is 15.4. The summed E-state index contributed by atoms with van der Waals surface area (Å²) < 4.78 is 5.02. The van der Waals surface area contributed by atoms with E-state index in [1.165, 1.54) is 26.4 Å². The lowest BCUT2D eigenvalue weighted by Crippen LogP contribution is -2.49. The first-order chi connectivity index (χ1) is 12.6. The third kappa shape index (κ3) is 4.07. The second-order valence-corrected chi connectivity index (χ2v) is 6.99. The molecular weight excluding hydrogens is 330 g/mol. The summed E-state index contributed by atoms with van der Waals surface area (Å²) in [6.45, 7) is 2.42. The molecule has 3 rings (SSSR count). The Labute approximate surface area is 154 Å². The van der Waals surface area contributed by atoms with E-state index in [1.54, 1.807) is 0 Å². The van der Waals surface area contributed by atoms with Crippen LogP contribution in [0, 0.1) is 6.92 Å². The highest BCUT2D eigenvalue weighted by molar-refractivity contribution is 5.95. The van der Waals surface area contributed by atoms with Gasteiger partial charge in [0.15, 0.2) is 0 Å². The summed E-state index contributed by atoms with van der Waals surface area (Å²) in [5, 5.41) is 9.18. The Morgan fingerprint density at radius 2 is 1.96 bits per heavy atom. The standard InChI is InChI=1S/C20H27N3O3/c1-13-8-6-7-11-15(13)18-17(19(24)26-2)16(22-20(25)23-18)12-21-14-9-4-3-5-10-14/h6-8,11,14,18,21H,3-5,9-10,12H2,1-2H3,(H2,22,23,25). The molecular formula is C20H27N3O3. The van der Waals surface area contributed by atoms with Crippen LogP contribution >= 0.6 is 0 Å². The summed E-state index contributed by atoms with van der Waals surface area (Å²) in [5.74, 6) is -0.425. The molecule has 1 unspecified atom stereocenters. The van der Waals surface area contributed by atoms with Crippen molar-refractivity contribution in [3.05, 3.63) is 46.7 Å². The molecule has 26 heavy (non-hydrogen) atoms. The van der Waals surface area contributed by atoms with E-state index in [0.717, 1.165) is 24.0 Å². The molecule has 2 amide bonds. The van der Waals surface area contributed by atoms with Gasteiger partial charge in [0.2, 0.25) is 0 Å². The van der Waals surface area contributed by atoms with Crippen molar-refractivity contribution in [3.63, 3.8) is 0 Å². The summed E-state index contributed by atoms with van der Waals surface area (Å²) in [6.07, 6.45) is 5.99. The number of benzene rings is 1. The van der Waals surface area contributed by atoms with Crippen molar-refractivity contribution in [1.82, 2.24) is 16.0 Å². The van der Waals surface area contributed by atoms with Gasteiger partial charge in [-0.1, -0.05) is 43.5 Å². The highest BCUT2D eigenvalue weighted by Gasteiger charge is 2.34. The smallest absolute Gasteiger partial charge is 0.338 e. The van der Waals surface area contributed by atoms with Crippen LogP contribution in [-0.4, -0.2) is 31.7 Å². The largest absolute Gasteiger partial charge is 0.466 e. The molecule has 140 valence electrons. The number of hydrogen-bond donors (Lipinski definition) is 3. The van der Waals surface area contributed by atoms with Crippen LogP contribution in [0.25, 0.3) is 0 Å². The van der Waals surface area contributed by atoms with Gasteiger partial charge in [-0.2, -0.15) is 0 Å². The highest BCUT2D eigenvalue weighted by Crippen LogP contribution is 2.29. The first kappa shape index (κ1) is 18.5. The van der Waals surface area contributed by atoms with Crippen molar-refractivity contribution in [2.45, 2.75) is 51.1 Å². The second-order valence-electron chi connectivity index (χ2n) is 6.99. The van der Waals surface area contributed by atoms with E-state index in [2.05, 4.69) is 16.0 Å². The van der Waals surface area contributed by atoms with Crippen molar-refractivity contribution in [2.24, 2.45) is 0 Å². The number of hydrogen-bond acceptors (Lipinski definition) is 4. The van der Waals surface area contributed by atoms with E-state index in [-0.39, 0.29) is 6.03 Å². The van der Waals surface area contributed by atoms with Crippen LogP contribution in [-0.2, 0) is 9.53 Å². The summed E-state index contributed by atoms with van der Waals surface area (Å²) >= 11 is 0. The third-order valence-corrected chi connectivity index (χ3v) is 5.23. The molecule has 0 bridgehead atoms. The Hall–Kier alpha value is -2.34. The number of carbonyl (C=O) groups excluding carboxylic acids is 2. The maximum atomic E-state index is 12.5. The van der Waals surface area contributed by atoms with Gasteiger partial charge in [-0.3, -0.25) is 0 Å². The molecule has 1 fully saturated rings. The van der Waals surface area contributed by atoms with E-state index in [4.69, 9.17) is 4.74 Å². The van der Waals surface area contributed by atoms with Gasteiger partial charge in [0.25, 0.3) is 0 Å². The summed E-state index contributed by atoms with van der Waals surface area (Å²) in [6, 6.07) is 7.37. The molecule has 1 heterocycles. The first-order valence-electron chi connectivity index (χ1n) is 9.28. The van der Waals surface area contributed by atoms with Gasteiger partial charge < -0.3 is 20.7 Å². The Morgan fingerprint density at radius 1 is 1.23 bits per heavy atom. The molecule has 2 aliphatic rings. The minimum atomic E-state index is -0.513. The summed E-state index contributed by atoms with van der Waals surface area (Å²) in [7, 11) is 1.37. The van der Waals surface area contributed by atoms with Crippen LogP contribution in [0.5, 0.6) is 0 Å². The lowest BCUT2D eigenvalue weighted by Gasteiger charge is -2.31. The van der Waals surface area contributed by atoms with Crippen LogP contribution in [0.3, 0.4) is 0 Å². The van der Waals surface area contributed by atoms with E-state index in [0.29, 0.717) is 23.9 Å². The van der Waals surface area contributed by atoms with Crippen molar-refractivity contribution in [2.75, 3.05) is 13.7 Å². The molecule has 1 aromatic rings. The van der Waals surface area contributed by atoms with Crippen molar-refractivity contribution >= 4 is 12.0 Å². The van der Waals surface area contributed by atoms with Crippen LogP contribution in [0.4, 0.5) is 4.79 Å². The topological polar surface area (TPSA) is 79.5 Å². The maximum Gasteiger partial charge on any atom is 0.338 e. The minimum absolute atomic E-state index is 0.300. The number of rotatable bonds is 5. The molecule has 0 aromatic heterocycles. The molecule has 0 radical (unpaired) electrons. The molecule has 1 saturated carbocycles. The molecule has 1 aliphatic heterocycles. The monoisotopic (exact) mass is 357 g/mol. The van der Waals surface area contributed by atoms with Gasteiger partial charge in [-0.25, -0.2) is 9.59 Å². The summed E-state index contributed by atoms with van der Waals surface area (Å²) in [5.41, 5.74) is 2.97. The molecule has 1 aliphatic carbocycles. The average molecular weight is 357 g/mol.